The number of nitrogens with one attached hydrogen (secondary N) is 1. The zero-order chi connectivity index (χ0) is 21.7. The van der Waals surface area contributed by atoms with Gasteiger partial charge >= 0.3 is 0 Å². The van der Waals surface area contributed by atoms with Crippen molar-refractivity contribution in [1.82, 2.24) is 5.32 Å². The third-order valence-electron chi connectivity index (χ3n) is 5.25. The van der Waals surface area contributed by atoms with Crippen LogP contribution in [-0.4, -0.2) is 36.7 Å². The molecule has 31 heavy (non-hydrogen) atoms. The summed E-state index contributed by atoms with van der Waals surface area (Å²) in [6.45, 7) is 1.62. The Morgan fingerprint density at radius 1 is 1.19 bits per heavy atom. The molecule has 1 aromatic heterocycles. The third kappa shape index (κ3) is 8.95. The second-order valence-electron chi connectivity index (χ2n) is 7.75. The van der Waals surface area contributed by atoms with Gasteiger partial charge in [-0.1, -0.05) is 46.2 Å². The minimum Gasteiger partial charge on any atom is -0.356 e. The lowest BCUT2D eigenvalue weighted by atomic mass is 10.1. The van der Waals surface area contributed by atoms with E-state index in [2.05, 4.69) is 39.5 Å². The number of hydrogen-bond acceptors (Lipinski definition) is 5. The Morgan fingerprint density at radius 3 is 2.74 bits per heavy atom. The molecule has 3 rings (SSSR count). The molecule has 1 N–H and O–H groups in total. The Balaban J connectivity index is 1.27. The number of aryl methyl sites for hydroxylation is 1. The average molecular weight is 458 g/mol. The number of hydrogen-bond donors (Lipinski definition) is 1. The molecule has 1 aliphatic heterocycles. The van der Waals surface area contributed by atoms with Crippen LogP contribution in [0.2, 0.25) is 0 Å². The fourth-order valence-corrected chi connectivity index (χ4v) is 6.40. The summed E-state index contributed by atoms with van der Waals surface area (Å²) in [7, 11) is 5.95. The van der Waals surface area contributed by atoms with E-state index in [-0.39, 0.29) is 5.91 Å². The van der Waals surface area contributed by atoms with E-state index in [1.165, 1.54) is 18.6 Å². The number of carbonyl (C=O) groups excluding carboxylic acids is 1. The Bertz CT molecular complexity index is 808. The first-order valence-electron chi connectivity index (χ1n) is 11.1. The van der Waals surface area contributed by atoms with E-state index in [0.717, 1.165) is 48.9 Å². The minimum absolute atomic E-state index is 0.188. The number of aromatic nitrogens is 1. The van der Waals surface area contributed by atoms with Gasteiger partial charge in [-0.2, -0.15) is 5.10 Å². The number of anilines is 1. The van der Waals surface area contributed by atoms with Crippen LogP contribution in [-0.2, 0) is 11.3 Å². The molecule has 1 aliphatic rings. The topological polar surface area (TPSA) is 48.6 Å². The molecular weight excluding hydrogens is 424 g/mol. The van der Waals surface area contributed by atoms with Crippen molar-refractivity contribution in [3.05, 3.63) is 60.4 Å². The van der Waals surface area contributed by atoms with Gasteiger partial charge < -0.3 is 5.32 Å². The molecule has 0 radical (unpaired) electrons. The Kier molecular flexibility index (Phi) is 10.3. The van der Waals surface area contributed by atoms with Crippen LogP contribution in [0.25, 0.3) is 0 Å². The summed E-state index contributed by atoms with van der Waals surface area (Å²) in [6.07, 6.45) is 12.3. The number of hydrazone groups is 1. The molecule has 0 bridgehead atoms. The van der Waals surface area contributed by atoms with Gasteiger partial charge in [-0.3, -0.25) is 9.80 Å². The number of benzene rings is 1. The summed E-state index contributed by atoms with van der Waals surface area (Å²) < 4.78 is 2.14. The first-order chi connectivity index (χ1) is 15.2. The lowest BCUT2D eigenvalue weighted by Crippen LogP contribution is -2.35. The Hall–Kier alpha value is -1.99. The summed E-state index contributed by atoms with van der Waals surface area (Å²) in [5, 5.41) is 10.2. The molecule has 1 amide bonds. The van der Waals surface area contributed by atoms with Gasteiger partial charge in [0.05, 0.1) is 11.9 Å². The largest absolute Gasteiger partial charge is 0.356 e. The molecule has 5 nitrogen and oxygen atoms in total. The average Bonchev–Trinajstić information content (AvgIpc) is 3.33. The van der Waals surface area contributed by atoms with Crippen LogP contribution in [0.15, 0.2) is 60.0 Å². The van der Waals surface area contributed by atoms with Gasteiger partial charge in [0.1, 0.15) is 6.54 Å². The second-order valence-corrected chi connectivity index (χ2v) is 10.5. The molecule has 1 atom stereocenters. The predicted molar refractivity (Wildman–Crippen MR) is 134 cm³/mol. The smallest absolute Gasteiger partial charge is 0.219 e. The molecule has 166 valence electrons. The van der Waals surface area contributed by atoms with Gasteiger partial charge in [0, 0.05) is 55.1 Å². The molecule has 1 saturated heterocycles. The van der Waals surface area contributed by atoms with Gasteiger partial charge in [-0.15, -0.1) is 0 Å². The normalized spacial score (nSPS) is 16.0. The van der Waals surface area contributed by atoms with Crippen LogP contribution in [0.4, 0.5) is 5.69 Å². The number of amides is 1. The summed E-state index contributed by atoms with van der Waals surface area (Å²) in [5.41, 5.74) is 2.11. The number of nitrogens with zero attached hydrogens (tertiary/aromatic N) is 3. The zero-order valence-electron chi connectivity index (χ0n) is 18.3. The van der Waals surface area contributed by atoms with Crippen LogP contribution in [0, 0.1) is 0 Å². The maximum absolute atomic E-state index is 12.0. The molecule has 0 saturated carbocycles. The number of pyridine rings is 1. The molecular formula is C24H33N4OS2+. The quantitative estimate of drug-likeness (QED) is 0.165. The van der Waals surface area contributed by atoms with Crippen LogP contribution < -0.4 is 14.9 Å². The van der Waals surface area contributed by atoms with Gasteiger partial charge in [-0.25, -0.2) is 4.57 Å². The molecule has 1 fully saturated rings. The molecule has 7 heteroatoms. The van der Waals surface area contributed by atoms with Gasteiger partial charge in [0.2, 0.25) is 5.91 Å². The Labute approximate surface area is 194 Å². The van der Waals surface area contributed by atoms with Crippen LogP contribution in [0.3, 0.4) is 0 Å². The van der Waals surface area contributed by atoms with Crippen LogP contribution >= 0.6 is 21.6 Å². The van der Waals surface area contributed by atoms with E-state index in [1.54, 1.807) is 0 Å². The van der Waals surface area contributed by atoms with Crippen molar-refractivity contribution >= 4 is 39.4 Å². The SMILES string of the molecule is CN(N=Cc1cc[n+](CCCNC(=O)CCCCC2CCSS2)cc1)c1ccccc1. The molecule has 0 aliphatic carbocycles. The molecule has 1 unspecified atom stereocenters. The highest BCUT2D eigenvalue weighted by Gasteiger charge is 2.15. The first-order valence-corrected chi connectivity index (χ1v) is 13.5. The highest BCUT2D eigenvalue weighted by Crippen LogP contribution is 2.39. The third-order valence-corrected chi connectivity index (χ3v) is 8.26. The van der Waals surface area contributed by atoms with E-state index < -0.39 is 0 Å². The highest BCUT2D eigenvalue weighted by molar-refractivity contribution is 8.77. The summed E-state index contributed by atoms with van der Waals surface area (Å²) >= 11 is 0. The predicted octanol–water partition coefficient (Wildman–Crippen LogP) is 4.66. The van der Waals surface area contributed by atoms with E-state index in [9.17, 15) is 4.79 Å². The summed E-state index contributed by atoms with van der Waals surface area (Å²) in [6, 6.07) is 14.2. The van der Waals surface area contributed by atoms with Gasteiger partial charge in [0.25, 0.3) is 0 Å². The molecule has 2 heterocycles. The molecule has 0 spiro atoms. The van der Waals surface area contributed by atoms with Crippen molar-refractivity contribution in [3.63, 3.8) is 0 Å². The lowest BCUT2D eigenvalue weighted by molar-refractivity contribution is -0.697. The van der Waals surface area contributed by atoms with E-state index in [4.69, 9.17) is 0 Å². The summed E-state index contributed by atoms with van der Waals surface area (Å²) in [5.74, 6) is 1.47. The van der Waals surface area contributed by atoms with E-state index >= 15 is 0 Å². The maximum atomic E-state index is 12.0. The van der Waals surface area contributed by atoms with Crippen molar-refractivity contribution in [3.8, 4) is 0 Å². The first kappa shape index (κ1) is 23.7. The number of rotatable bonds is 12. The molecule has 2 aromatic rings. The van der Waals surface area contributed by atoms with Crippen molar-refractivity contribution in [2.45, 2.75) is 50.3 Å². The standard InChI is InChI=1S/C24H32N4OS2/c1-27(22-8-3-2-4-9-22)26-20-21-12-17-28(18-13-21)16-7-15-25-24(29)11-6-5-10-23-14-19-30-31-23/h2-4,8-9,12-13,17-18,20,23H,5-7,10-11,14-16,19H2,1H3/p+1. The van der Waals surface area contributed by atoms with E-state index in [0.29, 0.717) is 6.42 Å². The maximum Gasteiger partial charge on any atom is 0.219 e. The van der Waals surface area contributed by atoms with Crippen molar-refractivity contribution in [1.29, 1.82) is 0 Å². The minimum atomic E-state index is 0.188. The monoisotopic (exact) mass is 457 g/mol. The van der Waals surface area contributed by atoms with Crippen LogP contribution in [0.1, 0.15) is 44.1 Å². The summed E-state index contributed by atoms with van der Waals surface area (Å²) in [4.78, 5) is 12.0. The molecule has 1 aromatic carbocycles. The van der Waals surface area contributed by atoms with Crippen molar-refractivity contribution in [2.75, 3.05) is 24.4 Å². The lowest BCUT2D eigenvalue weighted by Gasteiger charge is -2.11. The fraction of sp³-hybridized carbons (Fsp3) is 0.458. The van der Waals surface area contributed by atoms with Gasteiger partial charge in [0.15, 0.2) is 12.4 Å². The second kappa shape index (κ2) is 13.4. The number of para-hydroxylation sites is 1. The Morgan fingerprint density at radius 2 is 2.00 bits per heavy atom. The number of unbranched alkanes of at least 4 members (excludes halogenated alkanes) is 1. The van der Waals surface area contributed by atoms with Crippen LogP contribution in [0.5, 0.6) is 0 Å². The zero-order valence-corrected chi connectivity index (χ0v) is 19.9. The number of carbonyl (C=O) groups is 1. The van der Waals surface area contributed by atoms with Gasteiger partial charge in [-0.05, 0) is 31.4 Å². The fourth-order valence-electron chi connectivity index (χ4n) is 3.37. The van der Waals surface area contributed by atoms with Crippen molar-refractivity contribution < 1.29 is 9.36 Å². The van der Waals surface area contributed by atoms with Crippen molar-refractivity contribution in [2.24, 2.45) is 5.10 Å². The highest BCUT2D eigenvalue weighted by atomic mass is 33.1. The van der Waals surface area contributed by atoms with E-state index in [1.807, 2.05) is 70.2 Å².